The van der Waals surface area contributed by atoms with E-state index in [1.54, 1.807) is 0 Å². The summed E-state index contributed by atoms with van der Waals surface area (Å²) in [5, 5.41) is 7.80. The molecular weight excluding hydrogens is 356 g/mol. The number of nitrogens with one attached hydrogen (secondary N) is 2. The van der Waals surface area contributed by atoms with Crippen molar-refractivity contribution in [2.75, 3.05) is 5.32 Å². The summed E-state index contributed by atoms with van der Waals surface area (Å²) in [6, 6.07) is 4.88. The van der Waals surface area contributed by atoms with E-state index in [0.29, 0.717) is 10.6 Å². The van der Waals surface area contributed by atoms with Gasteiger partial charge < -0.3 is 5.73 Å². The fourth-order valence-corrected chi connectivity index (χ4v) is 4.22. The third kappa shape index (κ3) is 3.62. The molecule has 4 N–H and O–H groups in total. The Labute approximate surface area is 152 Å². The predicted molar refractivity (Wildman–Crippen MR) is 97.9 cm³/mol. The van der Waals surface area contributed by atoms with Crippen molar-refractivity contribution in [3.63, 3.8) is 0 Å². The number of nitrogens with zero attached hydrogens (tertiary/aromatic N) is 1. The summed E-state index contributed by atoms with van der Waals surface area (Å²) in [6.45, 7) is 0. The highest BCUT2D eigenvalue weighted by atomic mass is 32.1. The number of aryl methyl sites for hydroxylation is 1. The van der Waals surface area contributed by atoms with Crippen molar-refractivity contribution in [2.24, 2.45) is 10.9 Å². The lowest BCUT2D eigenvalue weighted by Gasteiger charge is -2.11. The molecule has 2 aromatic rings. The second-order valence-electron chi connectivity index (χ2n) is 5.83. The first kappa shape index (κ1) is 17.7. The first-order valence-corrected chi connectivity index (χ1v) is 8.81. The smallest absolute Gasteiger partial charge is 0.326 e. The second kappa shape index (κ2) is 7.44. The lowest BCUT2D eigenvalue weighted by molar-refractivity contribution is 0.0965. The van der Waals surface area contributed by atoms with Crippen molar-refractivity contribution in [1.82, 2.24) is 5.32 Å². The van der Waals surface area contributed by atoms with Gasteiger partial charge in [-0.15, -0.1) is 16.2 Å². The first-order chi connectivity index (χ1) is 12.5. The van der Waals surface area contributed by atoms with Crippen LogP contribution in [0.15, 0.2) is 29.4 Å². The minimum absolute atomic E-state index is 0.0833. The van der Waals surface area contributed by atoms with Gasteiger partial charge in [-0.05, 0) is 54.6 Å². The van der Waals surface area contributed by atoms with Crippen LogP contribution in [-0.2, 0) is 12.8 Å². The van der Waals surface area contributed by atoms with Crippen LogP contribution in [0.3, 0.4) is 0 Å². The zero-order valence-electron chi connectivity index (χ0n) is 13.7. The molecule has 0 atom stereocenters. The Morgan fingerprint density at radius 1 is 1.15 bits per heavy atom. The molecule has 9 heteroatoms. The van der Waals surface area contributed by atoms with Gasteiger partial charge in [-0.1, -0.05) is 6.07 Å². The molecule has 3 rings (SSSR count). The van der Waals surface area contributed by atoms with Crippen LogP contribution in [0.1, 0.15) is 44.0 Å². The lowest BCUT2D eigenvalue weighted by Crippen LogP contribution is -2.34. The first-order valence-electron chi connectivity index (χ1n) is 7.99. The minimum Gasteiger partial charge on any atom is -0.365 e. The molecule has 0 saturated carbocycles. The van der Waals surface area contributed by atoms with Crippen LogP contribution in [0.25, 0.3) is 0 Å². The number of thiophene rings is 1. The molecule has 1 aliphatic rings. The van der Waals surface area contributed by atoms with E-state index in [-0.39, 0.29) is 11.3 Å². The van der Waals surface area contributed by atoms with Gasteiger partial charge in [0.1, 0.15) is 10.7 Å². The Kier molecular flexibility index (Phi) is 5.08. The van der Waals surface area contributed by atoms with Gasteiger partial charge >= 0.3 is 6.03 Å². The number of carbonyl (C=O) groups excluding carboxylic acids is 3. The number of rotatable bonds is 4. The number of nitrogens with two attached hydrogens (primary N) is 1. The van der Waals surface area contributed by atoms with Gasteiger partial charge in [-0.3, -0.25) is 20.2 Å². The molecule has 1 aromatic carbocycles. The molecule has 0 radical (unpaired) electrons. The fourth-order valence-electron chi connectivity index (χ4n) is 2.93. The van der Waals surface area contributed by atoms with E-state index in [4.69, 9.17) is 5.73 Å². The number of anilines is 1. The average Bonchev–Trinajstić information content (AvgIpc) is 2.99. The lowest BCUT2D eigenvalue weighted by atomic mass is 9.95. The van der Waals surface area contributed by atoms with Crippen molar-refractivity contribution >= 4 is 39.9 Å². The van der Waals surface area contributed by atoms with E-state index in [1.165, 1.54) is 35.6 Å². The zero-order valence-corrected chi connectivity index (χ0v) is 14.5. The summed E-state index contributed by atoms with van der Waals surface area (Å²) in [4.78, 5) is 47.7. The molecule has 0 spiro atoms. The molecule has 134 valence electrons. The Morgan fingerprint density at radius 2 is 1.92 bits per heavy atom. The van der Waals surface area contributed by atoms with Crippen LogP contribution in [0.4, 0.5) is 15.5 Å². The molecule has 8 nitrogen and oxygen atoms in total. The van der Waals surface area contributed by atoms with Gasteiger partial charge in [-0.2, -0.15) is 0 Å². The zero-order chi connectivity index (χ0) is 18.7. The maximum absolute atomic E-state index is 12.2. The third-order valence-electron chi connectivity index (χ3n) is 4.09. The van der Waals surface area contributed by atoms with Gasteiger partial charge in [0.2, 0.25) is 0 Å². The van der Waals surface area contributed by atoms with Gasteiger partial charge in [0.25, 0.3) is 11.8 Å². The molecule has 26 heavy (non-hydrogen) atoms. The van der Waals surface area contributed by atoms with Gasteiger partial charge in [0.05, 0.1) is 5.56 Å². The van der Waals surface area contributed by atoms with E-state index >= 15 is 0 Å². The summed E-state index contributed by atoms with van der Waals surface area (Å²) in [7, 11) is 0. The molecule has 1 heterocycles. The van der Waals surface area contributed by atoms with Crippen LogP contribution in [-0.4, -0.2) is 17.8 Å². The number of benzene rings is 1. The summed E-state index contributed by atoms with van der Waals surface area (Å²) >= 11 is 1.31. The Bertz CT molecular complexity index is 906. The van der Waals surface area contributed by atoms with Crippen molar-refractivity contribution in [3.05, 3.63) is 50.7 Å². The maximum atomic E-state index is 12.2. The molecule has 0 unspecified atom stereocenters. The quantitative estimate of drug-likeness (QED) is 0.712. The highest BCUT2D eigenvalue weighted by Gasteiger charge is 2.25. The van der Waals surface area contributed by atoms with Crippen molar-refractivity contribution < 1.29 is 14.4 Å². The highest BCUT2D eigenvalue weighted by Crippen LogP contribution is 2.37. The molecule has 1 aromatic heterocycles. The molecule has 0 saturated heterocycles. The predicted octanol–water partition coefficient (Wildman–Crippen LogP) is 3.09. The number of hydrogen-bond acceptors (Lipinski definition) is 6. The van der Waals surface area contributed by atoms with E-state index in [1.807, 2.05) is 0 Å². The van der Waals surface area contributed by atoms with Gasteiger partial charge in [0.15, 0.2) is 0 Å². The number of carbonyl (C=O) groups is 3. The summed E-state index contributed by atoms with van der Waals surface area (Å²) in [6.07, 6.45) is 3.58. The number of primary amides is 1. The molecule has 0 aliphatic heterocycles. The number of amides is 4. The summed E-state index contributed by atoms with van der Waals surface area (Å²) < 4.78 is 0. The largest absolute Gasteiger partial charge is 0.365 e. The maximum Gasteiger partial charge on any atom is 0.326 e. The van der Waals surface area contributed by atoms with E-state index < -0.39 is 17.8 Å². The Hall–Kier alpha value is -3.07. The topological polar surface area (TPSA) is 131 Å². The van der Waals surface area contributed by atoms with Crippen LogP contribution >= 0.6 is 11.3 Å². The van der Waals surface area contributed by atoms with E-state index in [0.717, 1.165) is 36.1 Å². The molecule has 4 amide bonds. The molecule has 1 aliphatic carbocycles. The van der Waals surface area contributed by atoms with Crippen LogP contribution in [0, 0.1) is 4.91 Å². The normalized spacial score (nSPS) is 12.8. The number of nitroso groups, excluding NO2 is 1. The van der Waals surface area contributed by atoms with E-state index in [2.05, 4.69) is 15.8 Å². The van der Waals surface area contributed by atoms with E-state index in [9.17, 15) is 19.3 Å². The minimum atomic E-state index is -0.777. The molecular formula is C17H16N4O4S. The number of urea groups is 1. The van der Waals surface area contributed by atoms with Crippen molar-refractivity contribution in [3.8, 4) is 0 Å². The number of fused-ring (bicyclic) bond motifs is 1. The Balaban J connectivity index is 1.76. The van der Waals surface area contributed by atoms with Crippen LogP contribution < -0.4 is 16.4 Å². The third-order valence-corrected chi connectivity index (χ3v) is 5.29. The standard InChI is InChI=1S/C17H16N4O4S/c18-14(22)13-11-6-1-2-7-12(11)26-16(13)20-17(24)19-15(23)9-4-3-5-10(8-9)21-25/h3-5,8H,1-2,6-7H2,(H2,18,22)(H2,19,20,23,24). The average molecular weight is 372 g/mol. The van der Waals surface area contributed by atoms with Crippen molar-refractivity contribution in [1.29, 1.82) is 0 Å². The SMILES string of the molecule is NC(=O)c1c(NC(=O)NC(=O)c2cccc(N=O)c2)sc2c1CCCC2. The van der Waals surface area contributed by atoms with Gasteiger partial charge in [0, 0.05) is 10.4 Å². The Morgan fingerprint density at radius 3 is 2.65 bits per heavy atom. The van der Waals surface area contributed by atoms with Crippen molar-refractivity contribution in [2.45, 2.75) is 25.7 Å². The van der Waals surface area contributed by atoms with Crippen LogP contribution in [0.5, 0.6) is 0 Å². The van der Waals surface area contributed by atoms with Gasteiger partial charge in [-0.25, -0.2) is 4.79 Å². The highest BCUT2D eigenvalue weighted by molar-refractivity contribution is 7.17. The number of imide groups is 1. The van der Waals surface area contributed by atoms with Crippen LogP contribution in [0.2, 0.25) is 0 Å². The monoisotopic (exact) mass is 372 g/mol. The summed E-state index contributed by atoms with van der Waals surface area (Å²) in [5.41, 5.74) is 6.89. The number of hydrogen-bond donors (Lipinski definition) is 3. The fraction of sp³-hybridized carbons (Fsp3) is 0.235. The molecule has 0 bridgehead atoms. The second-order valence-corrected chi connectivity index (χ2v) is 6.93. The molecule has 0 fully saturated rings. The summed E-state index contributed by atoms with van der Waals surface area (Å²) in [5.74, 6) is -1.29.